The molecule has 2 N–H and O–H groups in total. The smallest absolute Gasteiger partial charge is 0.214 e. The fraction of sp³-hybridized carbons (Fsp3) is 0.0667. The van der Waals surface area contributed by atoms with Gasteiger partial charge in [-0.1, -0.05) is 48.5 Å². The van der Waals surface area contributed by atoms with E-state index in [9.17, 15) is 9.79 Å². The van der Waals surface area contributed by atoms with E-state index in [1.165, 1.54) is 0 Å². The summed E-state index contributed by atoms with van der Waals surface area (Å²) in [5, 5.41) is 0.438. The van der Waals surface area contributed by atoms with Crippen LogP contribution in [0.5, 0.6) is 0 Å². The summed E-state index contributed by atoms with van der Waals surface area (Å²) in [6.07, 6.45) is 2.46. The van der Waals surface area contributed by atoms with Crippen LogP contribution >= 0.6 is 6.49 Å². The van der Waals surface area contributed by atoms with Crippen LogP contribution in [-0.2, 0) is 18.2 Å². The zero-order valence-electron chi connectivity index (χ0n) is 10.4. The third-order valence-electron chi connectivity index (χ3n) is 2.87. The fourth-order valence-corrected chi connectivity index (χ4v) is 3.39. The van der Waals surface area contributed by atoms with Crippen molar-refractivity contribution in [2.24, 2.45) is 0 Å². The molecule has 0 unspecified atom stereocenters. The van der Waals surface area contributed by atoms with Gasteiger partial charge in [0.05, 0.1) is 0 Å². The van der Waals surface area contributed by atoms with Crippen molar-refractivity contribution in [1.29, 1.82) is 0 Å². The third-order valence-corrected chi connectivity index (χ3v) is 4.46. The molecule has 2 rings (SSSR count). The summed E-state index contributed by atoms with van der Waals surface area (Å²) in [5.41, 5.74) is 2.75. The lowest BCUT2D eigenvalue weighted by Gasteiger charge is -2.17. The minimum atomic E-state index is -3.47. The van der Waals surface area contributed by atoms with Crippen LogP contribution in [0.2, 0.25) is 0 Å². The average molecular weight is 290 g/mol. The Morgan fingerprint density at radius 3 is 2.32 bits per heavy atom. The summed E-state index contributed by atoms with van der Waals surface area (Å²) in [6.45, 7) is 0.268. The molecular formula is C15H15O2PS. The van der Waals surface area contributed by atoms with Crippen LogP contribution in [0.4, 0.5) is 0 Å². The van der Waals surface area contributed by atoms with Gasteiger partial charge in [-0.05, 0) is 41.0 Å². The summed E-state index contributed by atoms with van der Waals surface area (Å²) in [4.78, 5) is 19.8. The van der Waals surface area contributed by atoms with Gasteiger partial charge in [0.25, 0.3) is 0 Å². The molecule has 4 heteroatoms. The van der Waals surface area contributed by atoms with Crippen molar-refractivity contribution < 1.29 is 9.79 Å². The van der Waals surface area contributed by atoms with Crippen LogP contribution in [0.1, 0.15) is 5.56 Å². The first kappa shape index (κ1) is 14.2. The zero-order valence-corrected chi connectivity index (χ0v) is 12.1. The van der Waals surface area contributed by atoms with Gasteiger partial charge in [0.1, 0.15) is 0 Å². The molecule has 0 spiro atoms. The Labute approximate surface area is 118 Å². The van der Waals surface area contributed by atoms with Crippen LogP contribution in [0.3, 0.4) is 0 Å². The van der Waals surface area contributed by atoms with E-state index in [-0.39, 0.29) is 0 Å². The van der Waals surface area contributed by atoms with Gasteiger partial charge in [-0.3, -0.25) is 0 Å². The zero-order chi connectivity index (χ0) is 13.9. The quantitative estimate of drug-likeness (QED) is 0.672. The van der Waals surface area contributed by atoms with Crippen molar-refractivity contribution >= 4 is 23.6 Å². The lowest BCUT2D eigenvalue weighted by Crippen LogP contribution is -2.10. The molecule has 0 aromatic heterocycles. The van der Waals surface area contributed by atoms with Crippen LogP contribution in [0.25, 0.3) is 11.1 Å². The summed E-state index contributed by atoms with van der Waals surface area (Å²) >= 11 is 4.88. The van der Waals surface area contributed by atoms with E-state index in [0.717, 1.165) is 16.7 Å². The van der Waals surface area contributed by atoms with Gasteiger partial charge in [-0.15, -0.1) is 6.58 Å². The van der Waals surface area contributed by atoms with Crippen LogP contribution in [-0.4, -0.2) is 9.79 Å². The maximum Gasteiger partial charge on any atom is 0.214 e. The summed E-state index contributed by atoms with van der Waals surface area (Å²) in [7, 11) is 0. The van der Waals surface area contributed by atoms with Gasteiger partial charge >= 0.3 is 0 Å². The highest BCUT2D eigenvalue weighted by Gasteiger charge is 2.19. The largest absolute Gasteiger partial charge is 0.342 e. The Bertz CT molecular complexity index is 632. The fourth-order valence-electron chi connectivity index (χ4n) is 2.09. The van der Waals surface area contributed by atoms with E-state index in [4.69, 9.17) is 11.8 Å². The summed E-state index contributed by atoms with van der Waals surface area (Å²) in [5.74, 6) is 0. The average Bonchev–Trinajstić information content (AvgIpc) is 2.39. The van der Waals surface area contributed by atoms with E-state index in [0.29, 0.717) is 11.7 Å². The van der Waals surface area contributed by atoms with Crippen molar-refractivity contribution in [3.63, 3.8) is 0 Å². The van der Waals surface area contributed by atoms with Crippen molar-refractivity contribution in [1.82, 2.24) is 0 Å². The standard InChI is InChI=1S/C15H15O2PS/c1-2-7-12-10-6-11-14(18(16,17)19)15(12)13-8-4-3-5-9-13/h2-6,8-11H,1,7H2,(H2,16,17,19). The monoisotopic (exact) mass is 290 g/mol. The first-order valence-electron chi connectivity index (χ1n) is 5.88. The topological polar surface area (TPSA) is 40.5 Å². The Kier molecular flexibility index (Phi) is 4.33. The number of hydrogen-bond donors (Lipinski definition) is 2. The van der Waals surface area contributed by atoms with Crippen LogP contribution in [0.15, 0.2) is 61.2 Å². The molecule has 0 aliphatic rings. The number of hydrogen-bond acceptors (Lipinski definition) is 1. The Morgan fingerprint density at radius 2 is 1.74 bits per heavy atom. The minimum Gasteiger partial charge on any atom is -0.342 e. The summed E-state index contributed by atoms with van der Waals surface area (Å²) < 4.78 is 0. The SMILES string of the molecule is C=CCc1cccc(P(O)(O)=S)c1-c1ccccc1. The predicted octanol–water partition coefficient (Wildman–Crippen LogP) is 3.00. The van der Waals surface area contributed by atoms with E-state index in [1.54, 1.807) is 18.2 Å². The molecule has 0 heterocycles. The van der Waals surface area contributed by atoms with Crippen LogP contribution in [0, 0.1) is 0 Å². The molecule has 0 aliphatic carbocycles. The molecule has 0 fully saturated rings. The molecule has 2 nitrogen and oxygen atoms in total. The third kappa shape index (κ3) is 3.20. The number of benzene rings is 2. The van der Waals surface area contributed by atoms with Crippen molar-refractivity contribution in [2.75, 3.05) is 0 Å². The molecule has 2 aromatic carbocycles. The van der Waals surface area contributed by atoms with E-state index < -0.39 is 6.49 Å². The normalized spacial score (nSPS) is 11.3. The highest BCUT2D eigenvalue weighted by atomic mass is 32.5. The Morgan fingerprint density at radius 1 is 1.05 bits per heavy atom. The molecule has 0 amide bonds. The number of rotatable bonds is 4. The van der Waals surface area contributed by atoms with E-state index in [1.807, 2.05) is 36.4 Å². The molecule has 19 heavy (non-hydrogen) atoms. The molecule has 0 radical (unpaired) electrons. The molecule has 2 aromatic rings. The highest BCUT2D eigenvalue weighted by molar-refractivity contribution is 8.12. The van der Waals surface area contributed by atoms with Crippen LogP contribution < -0.4 is 5.30 Å². The molecule has 98 valence electrons. The van der Waals surface area contributed by atoms with Gasteiger partial charge in [0, 0.05) is 5.30 Å². The molecule has 0 saturated heterocycles. The number of allylic oxidation sites excluding steroid dienone is 1. The lowest BCUT2D eigenvalue weighted by molar-refractivity contribution is 0.493. The molecule has 0 bridgehead atoms. The first-order valence-corrected chi connectivity index (χ1v) is 8.59. The highest BCUT2D eigenvalue weighted by Crippen LogP contribution is 2.39. The summed E-state index contributed by atoms with van der Waals surface area (Å²) in [6, 6.07) is 15.1. The second kappa shape index (κ2) is 5.81. The van der Waals surface area contributed by atoms with E-state index in [2.05, 4.69) is 6.58 Å². The second-order valence-corrected chi connectivity index (χ2v) is 7.31. The maximum atomic E-state index is 9.88. The molecule has 0 atom stereocenters. The van der Waals surface area contributed by atoms with Gasteiger partial charge < -0.3 is 9.79 Å². The molecule has 0 aliphatic heterocycles. The molecular weight excluding hydrogens is 275 g/mol. The Hall–Kier alpha value is -1.25. The van der Waals surface area contributed by atoms with Crippen molar-refractivity contribution in [3.05, 3.63) is 66.7 Å². The van der Waals surface area contributed by atoms with Crippen molar-refractivity contribution in [2.45, 2.75) is 6.42 Å². The van der Waals surface area contributed by atoms with Gasteiger partial charge in [0.15, 0.2) is 0 Å². The maximum absolute atomic E-state index is 9.88. The van der Waals surface area contributed by atoms with E-state index >= 15 is 0 Å². The second-order valence-electron chi connectivity index (χ2n) is 4.21. The predicted molar refractivity (Wildman–Crippen MR) is 84.1 cm³/mol. The van der Waals surface area contributed by atoms with Gasteiger partial charge in [-0.25, -0.2) is 0 Å². The first-order chi connectivity index (χ1) is 9.04. The molecule has 0 saturated carbocycles. The van der Waals surface area contributed by atoms with Crippen molar-refractivity contribution in [3.8, 4) is 11.1 Å². The van der Waals surface area contributed by atoms with Gasteiger partial charge in [-0.2, -0.15) is 0 Å². The minimum absolute atomic E-state index is 0.438. The van der Waals surface area contributed by atoms with Gasteiger partial charge in [0.2, 0.25) is 6.49 Å². The Balaban J connectivity index is 2.74. The lowest BCUT2D eigenvalue weighted by atomic mass is 9.97.